The summed E-state index contributed by atoms with van der Waals surface area (Å²) in [6.07, 6.45) is 0. The highest BCUT2D eigenvalue weighted by Crippen LogP contribution is 2.16. The number of esters is 1. The van der Waals surface area contributed by atoms with E-state index in [1.165, 1.54) is 6.92 Å². The zero-order valence-corrected chi connectivity index (χ0v) is 15.6. The number of nitrogens with one attached hydrogen (secondary N) is 1. The average Bonchev–Trinajstić information content (AvgIpc) is 2.82. The summed E-state index contributed by atoms with van der Waals surface area (Å²) in [5, 5.41) is 2.84. The molecule has 0 unspecified atom stereocenters. The number of benzene rings is 1. The van der Waals surface area contributed by atoms with Gasteiger partial charge in [-0.1, -0.05) is 37.3 Å². The molecule has 0 aliphatic rings. The van der Waals surface area contributed by atoms with Crippen LogP contribution >= 0.6 is 11.3 Å². The van der Waals surface area contributed by atoms with Crippen LogP contribution in [-0.4, -0.2) is 23.0 Å². The van der Waals surface area contributed by atoms with Gasteiger partial charge in [-0.3, -0.25) is 19.0 Å². The lowest BCUT2D eigenvalue weighted by Gasteiger charge is -2.09. The fourth-order valence-electron chi connectivity index (χ4n) is 2.26. The van der Waals surface area contributed by atoms with E-state index in [0.717, 1.165) is 16.9 Å². The molecule has 0 fully saturated rings. The quantitative estimate of drug-likeness (QED) is 0.633. The Morgan fingerprint density at radius 2 is 1.88 bits per heavy atom. The predicted octanol–water partition coefficient (Wildman–Crippen LogP) is 2.58. The Kier molecular flexibility index (Phi) is 6.14. The number of carbonyl (C=O) groups is 2. The Morgan fingerprint density at radius 3 is 2.44 bits per heavy atom. The van der Waals surface area contributed by atoms with Crippen molar-refractivity contribution in [3.8, 4) is 5.75 Å². The fraction of sp³-hybridized carbons (Fsp3) is 0.389. The lowest BCUT2D eigenvalue weighted by atomic mass is 10.2. The molecule has 0 saturated heterocycles. The summed E-state index contributed by atoms with van der Waals surface area (Å²) in [6.45, 7) is 8.07. The summed E-state index contributed by atoms with van der Waals surface area (Å²) in [6, 6.07) is 6.94. The molecule has 0 aliphatic carbocycles. The second kappa shape index (κ2) is 8.11. The first-order valence-electron chi connectivity index (χ1n) is 8.03. The second-order valence-corrected chi connectivity index (χ2v) is 7.17. The van der Waals surface area contributed by atoms with E-state index in [1.807, 2.05) is 13.8 Å². The van der Waals surface area contributed by atoms with Crippen molar-refractivity contribution in [1.82, 2.24) is 9.88 Å². The van der Waals surface area contributed by atoms with Crippen LogP contribution in [-0.2, 0) is 11.3 Å². The number of amides is 1. The van der Waals surface area contributed by atoms with E-state index in [-0.39, 0.29) is 16.7 Å². The predicted molar refractivity (Wildman–Crippen MR) is 97.3 cm³/mol. The lowest BCUT2D eigenvalue weighted by molar-refractivity contribution is -0.131. The van der Waals surface area contributed by atoms with Gasteiger partial charge in [-0.2, -0.15) is 0 Å². The molecular formula is C18H22N2O4S. The van der Waals surface area contributed by atoms with E-state index in [1.54, 1.807) is 35.8 Å². The van der Waals surface area contributed by atoms with Crippen molar-refractivity contribution in [2.24, 2.45) is 5.92 Å². The van der Waals surface area contributed by atoms with Gasteiger partial charge < -0.3 is 10.1 Å². The van der Waals surface area contributed by atoms with E-state index < -0.39 is 0 Å². The highest BCUT2D eigenvalue weighted by molar-refractivity contribution is 7.11. The van der Waals surface area contributed by atoms with Crippen molar-refractivity contribution in [2.45, 2.75) is 34.2 Å². The van der Waals surface area contributed by atoms with E-state index in [0.29, 0.717) is 35.3 Å². The van der Waals surface area contributed by atoms with Crippen LogP contribution in [0.5, 0.6) is 5.75 Å². The van der Waals surface area contributed by atoms with E-state index >= 15 is 0 Å². The van der Waals surface area contributed by atoms with Crippen LogP contribution in [0.25, 0.3) is 0 Å². The SMILES string of the molecule is CC(=O)Oc1ccc(Cn2c(C)c(C(=O)NCC(C)C)sc2=O)cc1. The molecule has 2 aromatic rings. The summed E-state index contributed by atoms with van der Waals surface area (Å²) in [5.41, 5.74) is 1.54. The minimum absolute atomic E-state index is 0.170. The molecule has 7 heteroatoms. The third kappa shape index (κ3) is 5.03. The van der Waals surface area contributed by atoms with E-state index in [9.17, 15) is 14.4 Å². The molecule has 2 rings (SSSR count). The molecular weight excluding hydrogens is 340 g/mol. The zero-order valence-electron chi connectivity index (χ0n) is 14.8. The molecule has 0 saturated carbocycles. The normalized spacial score (nSPS) is 10.8. The fourth-order valence-corrected chi connectivity index (χ4v) is 3.17. The van der Waals surface area contributed by atoms with Gasteiger partial charge in [0.25, 0.3) is 5.91 Å². The Hall–Kier alpha value is -2.41. The number of carbonyl (C=O) groups excluding carboxylic acids is 2. The summed E-state index contributed by atoms with van der Waals surface area (Å²) in [4.78, 5) is 35.7. The number of thiazole rings is 1. The van der Waals surface area contributed by atoms with Crippen molar-refractivity contribution in [3.63, 3.8) is 0 Å². The van der Waals surface area contributed by atoms with Gasteiger partial charge in [0, 0.05) is 19.2 Å². The first-order valence-corrected chi connectivity index (χ1v) is 8.85. The number of aromatic nitrogens is 1. The monoisotopic (exact) mass is 362 g/mol. The first-order chi connectivity index (χ1) is 11.8. The number of hydrogen-bond donors (Lipinski definition) is 1. The molecule has 0 aliphatic heterocycles. The van der Waals surface area contributed by atoms with Crippen molar-refractivity contribution < 1.29 is 14.3 Å². The average molecular weight is 362 g/mol. The van der Waals surface area contributed by atoms with Crippen LogP contribution in [0.3, 0.4) is 0 Å². The smallest absolute Gasteiger partial charge is 0.308 e. The number of rotatable bonds is 6. The number of hydrogen-bond acceptors (Lipinski definition) is 5. The second-order valence-electron chi connectivity index (χ2n) is 6.21. The summed E-state index contributed by atoms with van der Waals surface area (Å²) >= 11 is 0.958. The minimum Gasteiger partial charge on any atom is -0.427 e. The highest BCUT2D eigenvalue weighted by Gasteiger charge is 2.17. The molecule has 6 nitrogen and oxygen atoms in total. The molecule has 0 atom stereocenters. The summed E-state index contributed by atoms with van der Waals surface area (Å²) < 4.78 is 6.57. The molecule has 1 aromatic carbocycles. The Morgan fingerprint density at radius 1 is 1.24 bits per heavy atom. The molecule has 1 N–H and O–H groups in total. The van der Waals surface area contributed by atoms with Gasteiger partial charge in [0.2, 0.25) is 0 Å². The van der Waals surface area contributed by atoms with Crippen LogP contribution < -0.4 is 14.9 Å². The maximum Gasteiger partial charge on any atom is 0.308 e. The van der Waals surface area contributed by atoms with Gasteiger partial charge in [0.05, 0.1) is 6.54 Å². The van der Waals surface area contributed by atoms with Gasteiger partial charge in [0.15, 0.2) is 0 Å². The van der Waals surface area contributed by atoms with Gasteiger partial charge in [-0.05, 0) is 30.5 Å². The van der Waals surface area contributed by atoms with Gasteiger partial charge in [0.1, 0.15) is 10.6 Å². The molecule has 1 aromatic heterocycles. The Balaban J connectivity index is 2.16. The first kappa shape index (κ1) is 18.9. The van der Waals surface area contributed by atoms with Crippen LogP contribution in [0.15, 0.2) is 29.1 Å². The molecule has 0 spiro atoms. The zero-order chi connectivity index (χ0) is 18.6. The minimum atomic E-state index is -0.380. The third-order valence-corrected chi connectivity index (χ3v) is 4.63. The Labute approximate surface area is 150 Å². The molecule has 134 valence electrons. The maximum atomic E-state index is 12.3. The van der Waals surface area contributed by atoms with Crippen molar-refractivity contribution in [3.05, 3.63) is 50.1 Å². The molecule has 0 bridgehead atoms. The lowest BCUT2D eigenvalue weighted by Crippen LogP contribution is -2.27. The van der Waals surface area contributed by atoms with Crippen LogP contribution in [0.1, 0.15) is 41.7 Å². The molecule has 1 heterocycles. The van der Waals surface area contributed by atoms with Crippen molar-refractivity contribution >= 4 is 23.2 Å². The van der Waals surface area contributed by atoms with Gasteiger partial charge in [-0.25, -0.2) is 0 Å². The number of nitrogens with zero attached hydrogens (tertiary/aromatic N) is 1. The van der Waals surface area contributed by atoms with Gasteiger partial charge >= 0.3 is 10.8 Å². The van der Waals surface area contributed by atoms with E-state index in [4.69, 9.17) is 4.74 Å². The highest BCUT2D eigenvalue weighted by atomic mass is 32.1. The summed E-state index contributed by atoms with van der Waals surface area (Å²) in [7, 11) is 0. The Bertz CT molecular complexity index is 819. The third-order valence-electron chi connectivity index (χ3n) is 3.55. The molecule has 1 amide bonds. The maximum absolute atomic E-state index is 12.3. The van der Waals surface area contributed by atoms with Crippen molar-refractivity contribution in [1.29, 1.82) is 0 Å². The standard InChI is InChI=1S/C18H22N2O4S/c1-11(2)9-19-17(22)16-12(3)20(18(23)25-16)10-14-5-7-15(8-6-14)24-13(4)21/h5-8,11H,9-10H2,1-4H3,(H,19,22). The van der Waals surface area contributed by atoms with Crippen molar-refractivity contribution in [2.75, 3.05) is 6.54 Å². The largest absolute Gasteiger partial charge is 0.427 e. The van der Waals surface area contributed by atoms with E-state index in [2.05, 4.69) is 5.32 Å². The molecule has 0 radical (unpaired) electrons. The van der Waals surface area contributed by atoms with Crippen LogP contribution in [0, 0.1) is 12.8 Å². The van der Waals surface area contributed by atoms with Gasteiger partial charge in [-0.15, -0.1) is 0 Å². The molecule has 25 heavy (non-hydrogen) atoms. The summed E-state index contributed by atoms with van der Waals surface area (Å²) in [5.74, 6) is 0.213. The topological polar surface area (TPSA) is 77.4 Å². The van der Waals surface area contributed by atoms with Crippen LogP contribution in [0.4, 0.5) is 0 Å². The van der Waals surface area contributed by atoms with Crippen LogP contribution in [0.2, 0.25) is 0 Å². The number of ether oxygens (including phenoxy) is 1.